The number of halogens is 1. The van der Waals surface area contributed by atoms with E-state index >= 15 is 0 Å². The Kier molecular flexibility index (Phi) is 12.9. The van der Waals surface area contributed by atoms with E-state index in [0.29, 0.717) is 18.8 Å². The van der Waals surface area contributed by atoms with E-state index in [-0.39, 0.29) is 24.5 Å². The van der Waals surface area contributed by atoms with Crippen LogP contribution in [0.3, 0.4) is 0 Å². The molecule has 200 valence electrons. The zero-order valence-electron chi connectivity index (χ0n) is 21.1. The minimum absolute atomic E-state index is 0.0256. The lowest BCUT2D eigenvalue weighted by Gasteiger charge is -2.25. The largest absolute Gasteiger partial charge is 0.368 e. The lowest BCUT2D eigenvalue weighted by atomic mass is 10.0. The normalized spacial score (nSPS) is 13.3. The Balaban J connectivity index is 2.20. The molecule has 2 aromatic carbocycles. The predicted octanol–water partition coefficient (Wildman–Crippen LogP) is 2.38. The maximum absolute atomic E-state index is 13.4. The molecule has 8 nitrogen and oxygen atoms in total. The fourth-order valence-electron chi connectivity index (χ4n) is 3.61. The highest BCUT2D eigenvalue weighted by atomic mass is 127. The molecule has 0 aliphatic rings. The molecule has 0 fully saturated rings. The number of nitrogens with two attached hydrogens (primary N) is 1. The smallest absolute Gasteiger partial charge is 0.243 e. The van der Waals surface area contributed by atoms with E-state index in [9.17, 15) is 19.2 Å². The topological polar surface area (TPSA) is 130 Å². The SMILES string of the molecule is CC(C)CC[C@H](NC(=O)Cc1ccccc1)C(=O)N[C@@H](Cc1ccc(I)cc1)C(=O)N[C@@H](CS)C(N)=O. The molecule has 3 atom stereocenters. The summed E-state index contributed by atoms with van der Waals surface area (Å²) in [7, 11) is 0. The van der Waals surface area contributed by atoms with E-state index in [1.54, 1.807) is 0 Å². The maximum atomic E-state index is 13.4. The molecule has 0 saturated carbocycles. The first kappa shape index (κ1) is 30.6. The molecule has 0 aliphatic carbocycles. The zero-order chi connectivity index (χ0) is 27.4. The van der Waals surface area contributed by atoms with Crippen molar-refractivity contribution in [1.82, 2.24) is 16.0 Å². The highest BCUT2D eigenvalue weighted by Gasteiger charge is 2.29. The molecule has 2 aromatic rings. The number of hydrogen-bond donors (Lipinski definition) is 5. The molecule has 0 aliphatic heterocycles. The summed E-state index contributed by atoms with van der Waals surface area (Å²) >= 11 is 6.27. The first-order valence-corrected chi connectivity index (χ1v) is 13.9. The van der Waals surface area contributed by atoms with Crippen molar-refractivity contribution in [3.8, 4) is 0 Å². The summed E-state index contributed by atoms with van der Waals surface area (Å²) in [5.74, 6) is -1.67. The van der Waals surface area contributed by atoms with Crippen LogP contribution in [-0.2, 0) is 32.0 Å². The summed E-state index contributed by atoms with van der Waals surface area (Å²) in [5.41, 5.74) is 7.03. The van der Waals surface area contributed by atoms with Gasteiger partial charge in [-0.3, -0.25) is 19.2 Å². The van der Waals surface area contributed by atoms with Gasteiger partial charge in [0.25, 0.3) is 0 Å². The number of primary amides is 1. The monoisotopic (exact) mass is 638 g/mol. The van der Waals surface area contributed by atoms with E-state index in [2.05, 4.69) is 51.2 Å². The predicted molar refractivity (Wildman–Crippen MR) is 156 cm³/mol. The van der Waals surface area contributed by atoms with Crippen molar-refractivity contribution < 1.29 is 19.2 Å². The maximum Gasteiger partial charge on any atom is 0.243 e. The van der Waals surface area contributed by atoms with Gasteiger partial charge in [-0.05, 0) is 64.6 Å². The van der Waals surface area contributed by atoms with Crippen molar-refractivity contribution >= 4 is 58.8 Å². The Morgan fingerprint density at radius 1 is 0.811 bits per heavy atom. The highest BCUT2D eigenvalue weighted by Crippen LogP contribution is 2.12. The number of nitrogens with one attached hydrogen (secondary N) is 3. The van der Waals surface area contributed by atoms with Crippen LogP contribution in [-0.4, -0.2) is 47.5 Å². The van der Waals surface area contributed by atoms with Gasteiger partial charge in [0.2, 0.25) is 23.6 Å². The quantitative estimate of drug-likeness (QED) is 0.161. The Hall–Kier alpha value is -2.60. The van der Waals surface area contributed by atoms with E-state index in [0.717, 1.165) is 14.7 Å². The van der Waals surface area contributed by atoms with Crippen molar-refractivity contribution in [3.05, 3.63) is 69.3 Å². The number of rotatable bonds is 14. The van der Waals surface area contributed by atoms with Gasteiger partial charge in [-0.1, -0.05) is 56.3 Å². The van der Waals surface area contributed by atoms with Gasteiger partial charge < -0.3 is 21.7 Å². The van der Waals surface area contributed by atoms with Crippen molar-refractivity contribution in [2.45, 2.75) is 57.7 Å². The second-order valence-electron chi connectivity index (χ2n) is 9.29. The third-order valence-corrected chi connectivity index (χ3v) is 6.80. The lowest BCUT2D eigenvalue weighted by Crippen LogP contribution is -2.57. The summed E-state index contributed by atoms with van der Waals surface area (Å²) in [6.45, 7) is 4.07. The van der Waals surface area contributed by atoms with E-state index in [1.807, 2.05) is 68.4 Å². The van der Waals surface area contributed by atoms with Crippen LogP contribution in [0, 0.1) is 9.49 Å². The van der Waals surface area contributed by atoms with Gasteiger partial charge in [0.15, 0.2) is 0 Å². The number of amides is 4. The molecule has 10 heteroatoms. The van der Waals surface area contributed by atoms with Crippen molar-refractivity contribution in [2.75, 3.05) is 5.75 Å². The Labute approximate surface area is 237 Å². The molecule has 0 bridgehead atoms. The molecule has 0 spiro atoms. The van der Waals surface area contributed by atoms with Crippen molar-refractivity contribution in [1.29, 1.82) is 0 Å². The van der Waals surface area contributed by atoms with E-state index in [4.69, 9.17) is 5.73 Å². The zero-order valence-corrected chi connectivity index (χ0v) is 24.1. The van der Waals surface area contributed by atoms with E-state index < -0.39 is 35.8 Å². The first-order valence-electron chi connectivity index (χ1n) is 12.2. The molecule has 2 rings (SSSR count). The van der Waals surface area contributed by atoms with Crippen molar-refractivity contribution in [3.63, 3.8) is 0 Å². The second-order valence-corrected chi connectivity index (χ2v) is 10.9. The third kappa shape index (κ3) is 11.1. The molecule has 0 aromatic heterocycles. The van der Waals surface area contributed by atoms with Crippen LogP contribution in [0.2, 0.25) is 0 Å². The molecular weight excluding hydrogens is 603 g/mol. The van der Waals surface area contributed by atoms with Gasteiger partial charge >= 0.3 is 0 Å². The second kappa shape index (κ2) is 15.6. The first-order chi connectivity index (χ1) is 17.6. The summed E-state index contributed by atoms with van der Waals surface area (Å²) in [6, 6.07) is 14.0. The van der Waals surface area contributed by atoms with Gasteiger partial charge in [0.05, 0.1) is 6.42 Å². The molecule has 0 radical (unpaired) electrons. The van der Waals surface area contributed by atoms with Crippen LogP contribution in [0.4, 0.5) is 0 Å². The average molecular weight is 639 g/mol. The van der Waals surface area contributed by atoms with Crippen molar-refractivity contribution in [2.24, 2.45) is 11.7 Å². The molecular formula is C27H35IN4O4S. The van der Waals surface area contributed by atoms with Crippen LogP contribution in [0.1, 0.15) is 37.8 Å². The molecule has 37 heavy (non-hydrogen) atoms. The average Bonchev–Trinajstić information content (AvgIpc) is 2.85. The standard InChI is InChI=1S/C27H35IN4O4S/c1-17(2)8-13-21(30-24(33)15-18-6-4-3-5-7-18)26(35)31-22(14-19-9-11-20(28)12-10-19)27(36)32-23(16-37)25(29)34/h3-7,9-12,17,21-23,37H,8,13-16H2,1-2H3,(H2,29,34)(H,30,33)(H,31,35)(H,32,36)/t21-,22-,23-/m0/s1. The minimum Gasteiger partial charge on any atom is -0.368 e. The van der Waals surface area contributed by atoms with Crippen LogP contribution in [0.25, 0.3) is 0 Å². The van der Waals surface area contributed by atoms with Gasteiger partial charge in [0, 0.05) is 15.7 Å². The Morgan fingerprint density at radius 2 is 1.41 bits per heavy atom. The fourth-order valence-corrected chi connectivity index (χ4v) is 4.24. The summed E-state index contributed by atoms with van der Waals surface area (Å²) in [6.07, 6.45) is 1.46. The molecule has 0 saturated heterocycles. The number of carbonyl (C=O) groups excluding carboxylic acids is 4. The number of carbonyl (C=O) groups is 4. The Bertz CT molecular complexity index is 1050. The van der Waals surface area contributed by atoms with E-state index in [1.165, 1.54) is 0 Å². The van der Waals surface area contributed by atoms with Gasteiger partial charge in [-0.2, -0.15) is 12.6 Å². The van der Waals surface area contributed by atoms with Crippen LogP contribution >= 0.6 is 35.2 Å². The molecule has 0 heterocycles. The minimum atomic E-state index is -0.984. The van der Waals surface area contributed by atoms with Gasteiger partial charge in [-0.25, -0.2) is 0 Å². The number of benzene rings is 2. The van der Waals surface area contributed by atoms with Crippen LogP contribution < -0.4 is 21.7 Å². The Morgan fingerprint density at radius 3 is 1.97 bits per heavy atom. The summed E-state index contributed by atoms with van der Waals surface area (Å²) < 4.78 is 1.03. The number of thiol groups is 1. The fraction of sp³-hybridized carbons (Fsp3) is 0.407. The third-order valence-electron chi connectivity index (χ3n) is 5.72. The molecule has 0 unspecified atom stereocenters. The molecule has 4 amide bonds. The molecule has 5 N–H and O–H groups in total. The van der Waals surface area contributed by atoms with Crippen LogP contribution in [0.15, 0.2) is 54.6 Å². The lowest BCUT2D eigenvalue weighted by molar-refractivity contribution is -0.133. The van der Waals surface area contributed by atoms with Gasteiger partial charge in [0.1, 0.15) is 18.1 Å². The van der Waals surface area contributed by atoms with Crippen LogP contribution in [0.5, 0.6) is 0 Å². The summed E-state index contributed by atoms with van der Waals surface area (Å²) in [4.78, 5) is 50.9. The van der Waals surface area contributed by atoms with Gasteiger partial charge in [-0.15, -0.1) is 0 Å². The number of hydrogen-bond acceptors (Lipinski definition) is 5. The summed E-state index contributed by atoms with van der Waals surface area (Å²) in [5, 5.41) is 8.21. The highest BCUT2D eigenvalue weighted by molar-refractivity contribution is 14.1.